The molecule has 0 fully saturated rings. The molecule has 9 amide bonds. The van der Waals surface area contributed by atoms with Gasteiger partial charge in [-0.25, -0.2) is 4.79 Å². The molecule has 20 nitrogen and oxygen atoms in total. The van der Waals surface area contributed by atoms with E-state index in [1.165, 1.54) is 6.92 Å². The molecule has 336 valence electrons. The van der Waals surface area contributed by atoms with E-state index in [2.05, 4.69) is 37.2 Å². The van der Waals surface area contributed by atoms with Crippen molar-refractivity contribution in [2.75, 3.05) is 6.54 Å². The van der Waals surface area contributed by atoms with Crippen LogP contribution in [0.15, 0.2) is 72.8 Å². The summed E-state index contributed by atoms with van der Waals surface area (Å²) in [7, 11) is 0. The number of nitrogens with two attached hydrogens (primary N) is 2. The Labute approximate surface area is 359 Å². The molecule has 62 heavy (non-hydrogen) atoms. The molecular weight excluding hydrogens is 807 g/mol. The molecule has 2 aromatic rings. The number of hydrogen-bond acceptors (Lipinski definition) is 10. The summed E-state index contributed by atoms with van der Waals surface area (Å²) in [6, 6.07) is 9.45. The molecular formula is C42H57N9O11. The van der Waals surface area contributed by atoms with Crippen LogP contribution < -0.4 is 48.7 Å². The zero-order chi connectivity index (χ0) is 46.5. The van der Waals surface area contributed by atoms with E-state index < -0.39 is 108 Å². The lowest BCUT2D eigenvalue weighted by Gasteiger charge is -2.27. The fourth-order valence-corrected chi connectivity index (χ4v) is 5.85. The molecule has 0 spiro atoms. The number of primary amides is 2. The third kappa shape index (κ3) is 18.9. The molecule has 0 saturated carbocycles. The highest BCUT2D eigenvalue weighted by Gasteiger charge is 2.33. The van der Waals surface area contributed by atoms with Gasteiger partial charge in [0, 0.05) is 25.0 Å². The Morgan fingerprint density at radius 2 is 1.06 bits per heavy atom. The molecule has 0 aromatic heterocycles. The summed E-state index contributed by atoms with van der Waals surface area (Å²) >= 11 is 0. The highest BCUT2D eigenvalue weighted by Crippen LogP contribution is 2.11. The first-order chi connectivity index (χ1) is 29.2. The van der Waals surface area contributed by atoms with Crippen LogP contribution in [0.5, 0.6) is 0 Å². The number of rotatable bonds is 25. The van der Waals surface area contributed by atoms with E-state index in [-0.39, 0.29) is 31.1 Å². The molecule has 0 aliphatic rings. The van der Waals surface area contributed by atoms with Gasteiger partial charge >= 0.3 is 5.97 Å². The molecule has 0 aliphatic heterocycles. The second kappa shape index (κ2) is 25.5. The zero-order valence-corrected chi connectivity index (χ0v) is 35.3. The maximum atomic E-state index is 13.8. The summed E-state index contributed by atoms with van der Waals surface area (Å²) < 4.78 is 0. The number of aliphatic carboxylic acids is 1. The summed E-state index contributed by atoms with van der Waals surface area (Å²) in [5.74, 6) is -9.55. The third-order valence-electron chi connectivity index (χ3n) is 9.04. The van der Waals surface area contributed by atoms with Crippen molar-refractivity contribution in [3.8, 4) is 0 Å². The van der Waals surface area contributed by atoms with E-state index in [0.717, 1.165) is 6.08 Å². The van der Waals surface area contributed by atoms with Gasteiger partial charge in [-0.3, -0.25) is 43.2 Å². The summed E-state index contributed by atoms with van der Waals surface area (Å²) in [5.41, 5.74) is 12.1. The number of carboxylic acids is 1. The molecule has 12 N–H and O–H groups in total. The van der Waals surface area contributed by atoms with Crippen LogP contribution in [0.25, 0.3) is 0 Å². The maximum Gasteiger partial charge on any atom is 0.326 e. The predicted octanol–water partition coefficient (Wildman–Crippen LogP) is -1.78. The summed E-state index contributed by atoms with van der Waals surface area (Å²) in [4.78, 5) is 127. The van der Waals surface area contributed by atoms with Crippen molar-refractivity contribution >= 4 is 59.1 Å². The SMILES string of the molecule is CC(C)C[C@H](NC(=O)[C@H](Cc1ccccc1)NC(=O)[C@H](CC(N)=O)NC(=O)/C=C/C(=O)N[C@@H](C)C(=O)NCC(=O)N[C@@H](Cc1ccccc1)C(=O)O)C(=O)N[C@H](C(N)=O)C(C)C. The van der Waals surface area contributed by atoms with Crippen molar-refractivity contribution in [2.24, 2.45) is 23.3 Å². The van der Waals surface area contributed by atoms with Gasteiger partial charge in [-0.15, -0.1) is 0 Å². The van der Waals surface area contributed by atoms with Crippen LogP contribution in [0, 0.1) is 11.8 Å². The number of benzene rings is 2. The van der Waals surface area contributed by atoms with Crippen molar-refractivity contribution in [3.05, 3.63) is 83.9 Å². The zero-order valence-electron chi connectivity index (χ0n) is 35.3. The van der Waals surface area contributed by atoms with E-state index in [0.29, 0.717) is 17.2 Å². The van der Waals surface area contributed by atoms with Crippen LogP contribution in [0.1, 0.15) is 58.6 Å². The van der Waals surface area contributed by atoms with Gasteiger partial charge in [0.05, 0.1) is 13.0 Å². The maximum absolute atomic E-state index is 13.8. The quantitative estimate of drug-likeness (QED) is 0.0498. The molecule has 20 heteroatoms. The van der Waals surface area contributed by atoms with Crippen LogP contribution in [0.2, 0.25) is 0 Å². The fraction of sp³-hybridized carbons (Fsp3) is 0.429. The molecule has 0 aliphatic carbocycles. The van der Waals surface area contributed by atoms with Gasteiger partial charge in [0.15, 0.2) is 0 Å². The Hall–Kier alpha value is -7.12. The Morgan fingerprint density at radius 3 is 1.55 bits per heavy atom. The average Bonchev–Trinajstić information content (AvgIpc) is 3.20. The van der Waals surface area contributed by atoms with Crippen LogP contribution in [0.3, 0.4) is 0 Å². The third-order valence-corrected chi connectivity index (χ3v) is 9.04. The van der Waals surface area contributed by atoms with Crippen molar-refractivity contribution in [3.63, 3.8) is 0 Å². The largest absolute Gasteiger partial charge is 0.480 e. The predicted molar refractivity (Wildman–Crippen MR) is 225 cm³/mol. The normalized spacial score (nSPS) is 13.9. The molecule has 0 unspecified atom stereocenters. The second-order valence-electron chi connectivity index (χ2n) is 15.2. The van der Waals surface area contributed by atoms with E-state index in [4.69, 9.17) is 11.5 Å². The van der Waals surface area contributed by atoms with Gasteiger partial charge in [-0.2, -0.15) is 0 Å². The van der Waals surface area contributed by atoms with E-state index in [1.807, 2.05) is 13.8 Å². The fourth-order valence-electron chi connectivity index (χ4n) is 5.85. The van der Waals surface area contributed by atoms with Crippen LogP contribution >= 0.6 is 0 Å². The lowest BCUT2D eigenvalue weighted by atomic mass is 9.99. The lowest BCUT2D eigenvalue weighted by molar-refractivity contribution is -0.141. The van der Waals surface area contributed by atoms with Gasteiger partial charge < -0.3 is 53.8 Å². The van der Waals surface area contributed by atoms with Crippen molar-refractivity contribution in [2.45, 2.75) is 96.6 Å². The topological polar surface area (TPSA) is 327 Å². The standard InChI is InChI=1S/C42H57N9O11/c1-23(2)18-28(41(60)51-36(24(3)4)37(44)56)49-39(58)29(19-26-12-8-6-9-13-26)50-40(59)30(21-32(43)52)47-34(54)17-16-33(53)46-25(5)38(57)45-22-35(55)48-31(42(61)62)20-27-14-10-7-11-15-27/h6-17,23-25,28-31,36H,18-22H2,1-5H3,(H2,43,52)(H2,44,56)(H,45,57)(H,46,53)(H,47,54)(H,48,55)(H,49,58)(H,50,59)(H,51,60)(H,61,62)/b17-16+/t25-,28-,29-,30-,31-,36-/m0/s1. The Morgan fingerprint density at radius 1 is 0.581 bits per heavy atom. The molecule has 6 atom stereocenters. The molecule has 0 bridgehead atoms. The molecule has 0 radical (unpaired) electrons. The Balaban J connectivity index is 2.10. The van der Waals surface area contributed by atoms with Gasteiger partial charge in [0.25, 0.3) is 0 Å². The Bertz CT molecular complexity index is 1940. The smallest absolute Gasteiger partial charge is 0.326 e. The lowest BCUT2D eigenvalue weighted by Crippen LogP contribution is -2.59. The second-order valence-corrected chi connectivity index (χ2v) is 15.2. The number of nitrogens with one attached hydrogen (secondary N) is 7. The molecule has 2 rings (SSSR count). The van der Waals surface area contributed by atoms with Gasteiger partial charge in [-0.05, 0) is 36.3 Å². The van der Waals surface area contributed by atoms with E-state index in [9.17, 15) is 53.1 Å². The van der Waals surface area contributed by atoms with Gasteiger partial charge in [0.1, 0.15) is 36.3 Å². The number of amides is 9. The van der Waals surface area contributed by atoms with Crippen LogP contribution in [-0.4, -0.2) is 107 Å². The number of hydrogen-bond donors (Lipinski definition) is 10. The minimum Gasteiger partial charge on any atom is -0.480 e. The summed E-state index contributed by atoms with van der Waals surface area (Å²) in [6.07, 6.45) is 0.799. The Kier molecular flexibility index (Phi) is 21.0. The first-order valence-electron chi connectivity index (χ1n) is 19.8. The number of carbonyl (C=O) groups is 10. The van der Waals surface area contributed by atoms with Gasteiger partial charge in [0.2, 0.25) is 53.2 Å². The highest BCUT2D eigenvalue weighted by molar-refractivity contribution is 6.01. The minimum absolute atomic E-state index is 0.00317. The number of carboxylic acid groups (broad SMARTS) is 1. The minimum atomic E-state index is -1.64. The summed E-state index contributed by atoms with van der Waals surface area (Å²) in [6.45, 7) is 7.69. The van der Waals surface area contributed by atoms with Crippen molar-refractivity contribution in [1.29, 1.82) is 0 Å². The van der Waals surface area contributed by atoms with Crippen LogP contribution in [0.4, 0.5) is 0 Å². The first-order valence-corrected chi connectivity index (χ1v) is 19.8. The van der Waals surface area contributed by atoms with Crippen LogP contribution in [-0.2, 0) is 60.8 Å². The number of carbonyl (C=O) groups excluding carboxylic acids is 9. The molecule has 0 saturated heterocycles. The monoisotopic (exact) mass is 863 g/mol. The van der Waals surface area contributed by atoms with Crippen molar-refractivity contribution < 1.29 is 53.1 Å². The first kappa shape index (κ1) is 51.0. The average molecular weight is 864 g/mol. The molecule has 0 heterocycles. The summed E-state index contributed by atoms with van der Waals surface area (Å²) in [5, 5.41) is 26.4. The van der Waals surface area contributed by atoms with Gasteiger partial charge in [-0.1, -0.05) is 88.4 Å². The van der Waals surface area contributed by atoms with E-state index >= 15 is 0 Å². The van der Waals surface area contributed by atoms with Crippen molar-refractivity contribution in [1.82, 2.24) is 37.2 Å². The highest BCUT2D eigenvalue weighted by atomic mass is 16.4. The molecule has 2 aromatic carbocycles. The van der Waals surface area contributed by atoms with E-state index in [1.54, 1.807) is 74.5 Å².